The molecule has 0 saturated heterocycles. The fourth-order valence-corrected chi connectivity index (χ4v) is 4.25. The number of nitrogens with one attached hydrogen (secondary N) is 4. The first-order chi connectivity index (χ1) is 17.6. The second kappa shape index (κ2) is 17.8. The Labute approximate surface area is 228 Å². The molecular formula is C27H52N6O5. The summed E-state index contributed by atoms with van der Waals surface area (Å²) < 4.78 is 0. The van der Waals surface area contributed by atoms with Gasteiger partial charge < -0.3 is 32.7 Å². The monoisotopic (exact) mass is 540 g/mol. The molecule has 0 unspecified atom stereocenters. The molecule has 38 heavy (non-hydrogen) atoms. The quantitative estimate of drug-likeness (QED) is 0.140. The summed E-state index contributed by atoms with van der Waals surface area (Å²) in [5.41, 5.74) is 11.0. The van der Waals surface area contributed by atoms with E-state index >= 15 is 0 Å². The van der Waals surface area contributed by atoms with Crippen LogP contribution in [-0.2, 0) is 24.0 Å². The van der Waals surface area contributed by atoms with E-state index in [2.05, 4.69) is 21.3 Å². The summed E-state index contributed by atoms with van der Waals surface area (Å²) in [6.07, 6.45) is 2.11. The van der Waals surface area contributed by atoms with Crippen LogP contribution in [0, 0.1) is 29.6 Å². The lowest BCUT2D eigenvalue weighted by atomic mass is 9.90. The molecule has 6 atom stereocenters. The third-order valence-electron chi connectivity index (χ3n) is 7.05. The van der Waals surface area contributed by atoms with Gasteiger partial charge in [0.25, 0.3) is 0 Å². The van der Waals surface area contributed by atoms with Crippen molar-refractivity contribution in [3.63, 3.8) is 0 Å². The zero-order valence-electron chi connectivity index (χ0n) is 24.6. The molecule has 0 rings (SSSR count). The zero-order valence-corrected chi connectivity index (χ0v) is 24.6. The summed E-state index contributed by atoms with van der Waals surface area (Å²) in [4.78, 5) is 61.8. The van der Waals surface area contributed by atoms with E-state index in [9.17, 15) is 24.0 Å². The number of amides is 5. The molecule has 0 fully saturated rings. The lowest BCUT2D eigenvalue weighted by molar-refractivity contribution is -0.129. The van der Waals surface area contributed by atoms with Crippen molar-refractivity contribution in [3.8, 4) is 0 Å². The highest BCUT2D eigenvalue weighted by Gasteiger charge is 2.30. The molecule has 0 saturated carbocycles. The molecule has 0 spiro atoms. The van der Waals surface area contributed by atoms with Gasteiger partial charge >= 0.3 is 0 Å². The molecule has 0 aromatic carbocycles. The first kappa shape index (κ1) is 35.3. The second-order valence-electron chi connectivity index (χ2n) is 11.1. The van der Waals surface area contributed by atoms with Crippen LogP contribution >= 0.6 is 0 Å². The standard InChI is InChI=1S/C27H52N6O5/c1-15(2)22(14-30-26(37)18(6)24(16(3)4)32-20(8)34)27(38)33-21(11-9-10-12-28)13-23(35)31-19(7)17(5)25(29)36/h15-19,21-22,24H,9-14,28H2,1-8H3,(H2,29,36)(H,30,37)(H,31,35)(H,32,34)(H,33,38)/t17-,18-,19+,21+,22-,24+/m1/s1. The van der Waals surface area contributed by atoms with Gasteiger partial charge in [-0.05, 0) is 38.1 Å². The topological polar surface area (TPSA) is 186 Å². The Bertz CT molecular complexity index is 788. The van der Waals surface area contributed by atoms with E-state index < -0.39 is 35.7 Å². The summed E-state index contributed by atoms with van der Waals surface area (Å²) in [6.45, 7) is 14.8. The van der Waals surface area contributed by atoms with Gasteiger partial charge in [-0.2, -0.15) is 0 Å². The highest BCUT2D eigenvalue weighted by atomic mass is 16.2. The Morgan fingerprint density at radius 1 is 0.763 bits per heavy atom. The van der Waals surface area contributed by atoms with Crippen molar-refractivity contribution in [2.24, 2.45) is 41.1 Å². The van der Waals surface area contributed by atoms with Crippen LogP contribution in [0.3, 0.4) is 0 Å². The van der Waals surface area contributed by atoms with E-state index in [-0.39, 0.29) is 54.5 Å². The number of hydrogen-bond acceptors (Lipinski definition) is 6. The van der Waals surface area contributed by atoms with Crippen molar-refractivity contribution in [2.45, 2.75) is 99.2 Å². The second-order valence-corrected chi connectivity index (χ2v) is 11.1. The predicted octanol–water partition coefficient (Wildman–Crippen LogP) is 0.802. The van der Waals surface area contributed by atoms with Gasteiger partial charge in [0, 0.05) is 38.0 Å². The molecule has 11 heteroatoms. The molecular weight excluding hydrogens is 488 g/mol. The van der Waals surface area contributed by atoms with E-state index in [1.165, 1.54) is 6.92 Å². The summed E-state index contributed by atoms with van der Waals surface area (Å²) in [5, 5.41) is 11.5. The minimum atomic E-state index is -0.526. The van der Waals surface area contributed by atoms with Gasteiger partial charge in [0.2, 0.25) is 29.5 Å². The minimum Gasteiger partial charge on any atom is -0.369 e. The van der Waals surface area contributed by atoms with Crippen LogP contribution < -0.4 is 32.7 Å². The van der Waals surface area contributed by atoms with Gasteiger partial charge in [-0.3, -0.25) is 24.0 Å². The Morgan fingerprint density at radius 2 is 1.37 bits per heavy atom. The highest BCUT2D eigenvalue weighted by molar-refractivity contribution is 5.84. The molecule has 0 bridgehead atoms. The van der Waals surface area contributed by atoms with Gasteiger partial charge in [0.15, 0.2) is 0 Å². The maximum Gasteiger partial charge on any atom is 0.225 e. The molecule has 0 heterocycles. The van der Waals surface area contributed by atoms with Gasteiger partial charge in [-0.1, -0.05) is 48.0 Å². The third kappa shape index (κ3) is 13.2. The number of unbranched alkanes of at least 4 members (excludes halogenated alkanes) is 1. The van der Waals surface area contributed by atoms with E-state index in [0.717, 1.165) is 12.8 Å². The number of carbonyl (C=O) groups excluding carboxylic acids is 5. The van der Waals surface area contributed by atoms with E-state index in [1.54, 1.807) is 20.8 Å². The number of nitrogens with two attached hydrogens (primary N) is 2. The summed E-state index contributed by atoms with van der Waals surface area (Å²) >= 11 is 0. The van der Waals surface area contributed by atoms with Gasteiger partial charge in [0.05, 0.1) is 17.8 Å². The van der Waals surface area contributed by atoms with Crippen molar-refractivity contribution in [1.29, 1.82) is 0 Å². The van der Waals surface area contributed by atoms with E-state index in [1.807, 2.05) is 27.7 Å². The van der Waals surface area contributed by atoms with Gasteiger partial charge in [0.1, 0.15) is 0 Å². The molecule has 0 aromatic rings. The van der Waals surface area contributed by atoms with Crippen molar-refractivity contribution < 1.29 is 24.0 Å². The van der Waals surface area contributed by atoms with Crippen LogP contribution in [0.15, 0.2) is 0 Å². The Hall–Kier alpha value is -2.69. The van der Waals surface area contributed by atoms with Gasteiger partial charge in [-0.15, -0.1) is 0 Å². The number of hydrogen-bond donors (Lipinski definition) is 6. The maximum atomic E-state index is 13.3. The largest absolute Gasteiger partial charge is 0.369 e. The van der Waals surface area contributed by atoms with Crippen molar-refractivity contribution in [3.05, 3.63) is 0 Å². The predicted molar refractivity (Wildman–Crippen MR) is 148 cm³/mol. The fraction of sp³-hybridized carbons (Fsp3) is 0.815. The van der Waals surface area contributed by atoms with Crippen LogP contribution in [-0.4, -0.2) is 60.8 Å². The molecule has 220 valence electrons. The smallest absolute Gasteiger partial charge is 0.225 e. The van der Waals surface area contributed by atoms with Crippen LogP contribution in [0.25, 0.3) is 0 Å². The lowest BCUT2D eigenvalue weighted by Gasteiger charge is -2.29. The molecule has 11 nitrogen and oxygen atoms in total. The molecule has 0 aromatic heterocycles. The van der Waals surface area contributed by atoms with E-state index in [4.69, 9.17) is 11.5 Å². The first-order valence-corrected chi connectivity index (χ1v) is 13.8. The Kier molecular flexibility index (Phi) is 16.5. The van der Waals surface area contributed by atoms with Crippen molar-refractivity contribution >= 4 is 29.5 Å². The molecule has 0 aliphatic heterocycles. The molecule has 5 amide bonds. The van der Waals surface area contributed by atoms with Crippen LogP contribution in [0.5, 0.6) is 0 Å². The fourth-order valence-electron chi connectivity index (χ4n) is 4.25. The van der Waals surface area contributed by atoms with Crippen LogP contribution in [0.2, 0.25) is 0 Å². The van der Waals surface area contributed by atoms with Crippen molar-refractivity contribution in [2.75, 3.05) is 13.1 Å². The number of rotatable bonds is 18. The Morgan fingerprint density at radius 3 is 1.84 bits per heavy atom. The normalized spacial score (nSPS) is 16.1. The van der Waals surface area contributed by atoms with Crippen LogP contribution in [0.4, 0.5) is 0 Å². The van der Waals surface area contributed by atoms with Crippen molar-refractivity contribution in [1.82, 2.24) is 21.3 Å². The first-order valence-electron chi connectivity index (χ1n) is 13.8. The van der Waals surface area contributed by atoms with Crippen LogP contribution in [0.1, 0.15) is 81.1 Å². The van der Waals surface area contributed by atoms with Gasteiger partial charge in [-0.25, -0.2) is 0 Å². The molecule has 0 aliphatic carbocycles. The third-order valence-corrected chi connectivity index (χ3v) is 7.05. The molecule has 8 N–H and O–H groups in total. The average Bonchev–Trinajstić information content (AvgIpc) is 2.80. The molecule has 0 aliphatic rings. The minimum absolute atomic E-state index is 0.0487. The summed E-state index contributed by atoms with van der Waals surface area (Å²) in [7, 11) is 0. The summed E-state index contributed by atoms with van der Waals surface area (Å²) in [6, 6.07) is -1.19. The molecule has 0 radical (unpaired) electrons. The average molecular weight is 541 g/mol. The van der Waals surface area contributed by atoms with E-state index in [0.29, 0.717) is 13.0 Å². The maximum absolute atomic E-state index is 13.3. The number of primary amides is 1. The SMILES string of the molecule is CC(=O)N[C@@H](C(C)C)[C@@H](C)C(=O)NC[C@@H](C(=O)N[C@@H](CCCCN)CC(=O)N[C@@H](C)[C@@H](C)C(N)=O)C(C)C. The summed E-state index contributed by atoms with van der Waals surface area (Å²) in [5.74, 6) is -3.03. The zero-order chi connectivity index (χ0) is 29.6. The highest BCUT2D eigenvalue weighted by Crippen LogP contribution is 2.16. The lowest BCUT2D eigenvalue weighted by Crippen LogP contribution is -2.50. The Balaban J connectivity index is 5.33. The number of carbonyl (C=O) groups is 5.